The summed E-state index contributed by atoms with van der Waals surface area (Å²) in [7, 11) is 0. The molecular formula is C17H27BrN2O. The zero-order valence-corrected chi connectivity index (χ0v) is 14.7. The average molecular weight is 355 g/mol. The van der Waals surface area contributed by atoms with Crippen molar-refractivity contribution in [3.05, 3.63) is 28.5 Å². The Labute approximate surface area is 137 Å². The standard InChI is InChI=1S/C17H27BrN2O/c1-3-5-20-16(7-13-9-17(10-13)21-4-2)8-14-6-15(18)12-19-11-14/h6,11-13,16-17,20H,3-5,7-10H2,1-2H3. The zero-order valence-electron chi connectivity index (χ0n) is 13.1. The van der Waals surface area contributed by atoms with E-state index in [9.17, 15) is 0 Å². The molecule has 0 radical (unpaired) electrons. The van der Waals surface area contributed by atoms with E-state index in [4.69, 9.17) is 4.74 Å². The van der Waals surface area contributed by atoms with Crippen molar-refractivity contribution in [2.75, 3.05) is 13.2 Å². The summed E-state index contributed by atoms with van der Waals surface area (Å²) in [6.45, 7) is 6.24. The minimum atomic E-state index is 0.513. The molecule has 4 heteroatoms. The van der Waals surface area contributed by atoms with Gasteiger partial charge in [-0.3, -0.25) is 4.98 Å². The lowest BCUT2D eigenvalue weighted by Crippen LogP contribution is -2.39. The first-order valence-corrected chi connectivity index (χ1v) is 8.95. The number of nitrogens with zero attached hydrogens (tertiary/aromatic N) is 1. The van der Waals surface area contributed by atoms with E-state index >= 15 is 0 Å². The van der Waals surface area contributed by atoms with E-state index in [0.717, 1.165) is 30.0 Å². The maximum Gasteiger partial charge on any atom is 0.0580 e. The van der Waals surface area contributed by atoms with E-state index in [-0.39, 0.29) is 0 Å². The van der Waals surface area contributed by atoms with Gasteiger partial charge in [-0.1, -0.05) is 6.92 Å². The van der Waals surface area contributed by atoms with Crippen LogP contribution in [-0.2, 0) is 11.2 Å². The van der Waals surface area contributed by atoms with Gasteiger partial charge in [0.15, 0.2) is 0 Å². The van der Waals surface area contributed by atoms with E-state index in [2.05, 4.69) is 46.1 Å². The minimum absolute atomic E-state index is 0.513. The second-order valence-corrected chi connectivity index (χ2v) is 6.93. The first kappa shape index (κ1) is 16.9. The highest BCUT2D eigenvalue weighted by atomic mass is 79.9. The molecule has 1 unspecified atom stereocenters. The summed E-state index contributed by atoms with van der Waals surface area (Å²) in [5.41, 5.74) is 1.30. The Bertz CT molecular complexity index is 421. The lowest BCUT2D eigenvalue weighted by Gasteiger charge is -2.37. The van der Waals surface area contributed by atoms with E-state index in [1.54, 1.807) is 0 Å². The summed E-state index contributed by atoms with van der Waals surface area (Å²) < 4.78 is 6.73. The maximum absolute atomic E-state index is 5.67. The van der Waals surface area contributed by atoms with E-state index in [1.807, 2.05) is 12.4 Å². The number of halogens is 1. The normalized spacial score (nSPS) is 22.8. The third-order valence-electron chi connectivity index (χ3n) is 4.14. The van der Waals surface area contributed by atoms with Gasteiger partial charge in [0.25, 0.3) is 0 Å². The van der Waals surface area contributed by atoms with Crippen LogP contribution in [0.5, 0.6) is 0 Å². The second-order valence-electron chi connectivity index (χ2n) is 6.02. The molecule has 1 atom stereocenters. The predicted molar refractivity (Wildman–Crippen MR) is 90.5 cm³/mol. The Kier molecular flexibility index (Phi) is 7.14. The number of aromatic nitrogens is 1. The molecule has 0 aromatic carbocycles. The van der Waals surface area contributed by atoms with Crippen molar-refractivity contribution in [2.45, 2.75) is 58.1 Å². The molecule has 0 saturated heterocycles. The van der Waals surface area contributed by atoms with Crippen LogP contribution in [0.25, 0.3) is 0 Å². The van der Waals surface area contributed by atoms with Crippen LogP contribution in [0.3, 0.4) is 0 Å². The number of rotatable bonds is 9. The van der Waals surface area contributed by atoms with E-state index < -0.39 is 0 Å². The van der Waals surface area contributed by atoms with Crippen LogP contribution in [0.4, 0.5) is 0 Å². The van der Waals surface area contributed by atoms with Crippen molar-refractivity contribution in [2.24, 2.45) is 5.92 Å². The summed E-state index contributed by atoms with van der Waals surface area (Å²) in [5, 5.41) is 3.70. The molecule has 1 aliphatic rings. The van der Waals surface area contributed by atoms with Gasteiger partial charge in [-0.2, -0.15) is 0 Å². The monoisotopic (exact) mass is 354 g/mol. The average Bonchev–Trinajstić information content (AvgIpc) is 2.42. The summed E-state index contributed by atoms with van der Waals surface area (Å²) >= 11 is 3.51. The van der Waals surface area contributed by atoms with Gasteiger partial charge in [0.2, 0.25) is 0 Å². The van der Waals surface area contributed by atoms with E-state index in [1.165, 1.54) is 31.2 Å². The molecule has 1 N–H and O–H groups in total. The van der Waals surface area contributed by atoms with Crippen molar-refractivity contribution in [1.82, 2.24) is 10.3 Å². The molecule has 1 fully saturated rings. The molecule has 1 aliphatic carbocycles. The number of hydrogen-bond acceptors (Lipinski definition) is 3. The molecule has 3 nitrogen and oxygen atoms in total. The van der Waals surface area contributed by atoms with Crippen LogP contribution in [0.15, 0.2) is 22.9 Å². The van der Waals surface area contributed by atoms with Crippen molar-refractivity contribution >= 4 is 15.9 Å². The number of nitrogens with one attached hydrogen (secondary N) is 1. The van der Waals surface area contributed by atoms with Crippen LogP contribution >= 0.6 is 15.9 Å². The zero-order chi connectivity index (χ0) is 15.1. The Morgan fingerprint density at radius 2 is 2.19 bits per heavy atom. The van der Waals surface area contributed by atoms with Gasteiger partial charge in [-0.25, -0.2) is 0 Å². The molecule has 1 aromatic heterocycles. The fraction of sp³-hybridized carbons (Fsp3) is 0.706. The quantitative estimate of drug-likeness (QED) is 0.728. The lowest BCUT2D eigenvalue weighted by atomic mass is 9.77. The first-order valence-electron chi connectivity index (χ1n) is 8.15. The molecule has 1 heterocycles. The Morgan fingerprint density at radius 1 is 1.38 bits per heavy atom. The van der Waals surface area contributed by atoms with Crippen LogP contribution < -0.4 is 5.32 Å². The highest BCUT2D eigenvalue weighted by Crippen LogP contribution is 2.34. The number of pyridine rings is 1. The third-order valence-corrected chi connectivity index (χ3v) is 4.57. The van der Waals surface area contributed by atoms with Crippen LogP contribution in [0, 0.1) is 5.92 Å². The van der Waals surface area contributed by atoms with Crippen molar-refractivity contribution in [3.63, 3.8) is 0 Å². The molecule has 0 spiro atoms. The molecule has 21 heavy (non-hydrogen) atoms. The van der Waals surface area contributed by atoms with Crippen molar-refractivity contribution in [1.29, 1.82) is 0 Å². The third kappa shape index (κ3) is 5.68. The van der Waals surface area contributed by atoms with Gasteiger partial charge in [-0.15, -0.1) is 0 Å². The summed E-state index contributed by atoms with van der Waals surface area (Å²) in [4.78, 5) is 4.27. The summed E-state index contributed by atoms with van der Waals surface area (Å²) in [6, 6.07) is 2.73. The SMILES string of the molecule is CCCNC(Cc1cncc(Br)c1)CC1CC(OCC)C1. The van der Waals surface area contributed by atoms with Gasteiger partial charge >= 0.3 is 0 Å². The van der Waals surface area contributed by atoms with Gasteiger partial charge in [0.1, 0.15) is 0 Å². The van der Waals surface area contributed by atoms with Crippen molar-refractivity contribution < 1.29 is 4.74 Å². The van der Waals surface area contributed by atoms with Gasteiger partial charge < -0.3 is 10.1 Å². The number of hydrogen-bond donors (Lipinski definition) is 1. The first-order chi connectivity index (χ1) is 10.2. The van der Waals surface area contributed by atoms with Gasteiger partial charge in [0, 0.05) is 29.5 Å². The second kappa shape index (κ2) is 8.86. The predicted octanol–water partition coefficient (Wildman–Crippen LogP) is 3.96. The Hall–Kier alpha value is -0.450. The topological polar surface area (TPSA) is 34.2 Å². The fourth-order valence-electron chi connectivity index (χ4n) is 3.08. The summed E-state index contributed by atoms with van der Waals surface area (Å²) in [5.74, 6) is 0.816. The van der Waals surface area contributed by atoms with E-state index in [0.29, 0.717) is 12.1 Å². The van der Waals surface area contributed by atoms with Crippen LogP contribution in [-0.4, -0.2) is 30.3 Å². The lowest BCUT2D eigenvalue weighted by molar-refractivity contribution is -0.0290. The van der Waals surface area contributed by atoms with Gasteiger partial charge in [0.05, 0.1) is 6.10 Å². The molecule has 1 aromatic rings. The molecule has 118 valence electrons. The number of ether oxygens (including phenoxy) is 1. The Balaban J connectivity index is 1.83. The molecule has 2 rings (SSSR count). The highest BCUT2D eigenvalue weighted by molar-refractivity contribution is 9.10. The molecule has 0 bridgehead atoms. The van der Waals surface area contributed by atoms with Crippen molar-refractivity contribution in [3.8, 4) is 0 Å². The molecule has 0 aliphatic heterocycles. The fourth-order valence-corrected chi connectivity index (χ4v) is 3.49. The van der Waals surface area contributed by atoms with Gasteiger partial charge in [-0.05, 0) is 79.1 Å². The molecule has 0 amide bonds. The molecule has 1 saturated carbocycles. The van der Waals surface area contributed by atoms with Crippen LogP contribution in [0.1, 0.15) is 45.1 Å². The largest absolute Gasteiger partial charge is 0.378 e. The minimum Gasteiger partial charge on any atom is -0.378 e. The Morgan fingerprint density at radius 3 is 2.86 bits per heavy atom. The molecular weight excluding hydrogens is 328 g/mol. The summed E-state index contributed by atoms with van der Waals surface area (Å²) in [6.07, 6.45) is 10.3. The van der Waals surface area contributed by atoms with Crippen LogP contribution in [0.2, 0.25) is 0 Å². The smallest absolute Gasteiger partial charge is 0.0580 e. The maximum atomic E-state index is 5.67. The highest BCUT2D eigenvalue weighted by Gasteiger charge is 2.31.